The summed E-state index contributed by atoms with van der Waals surface area (Å²) in [5.74, 6) is -0.619. The first-order valence-corrected chi connectivity index (χ1v) is 23.2. The number of nitrogens with one attached hydrogen (secondary N) is 1. The quantitative estimate of drug-likeness (QED) is 0.0239. The SMILES string of the molecule is CCCCCCCC/C=C\CCCCCCCCCCC[C@@H](O)C(=O)N[C@@H](CO[C@@H]1O[C@H](CO)[C@@H](O)[C@H](O)[C@H]1O)[C@H](O)/C=C/CCCCCCCCCCCC. The molecule has 56 heavy (non-hydrogen) atoms. The molecule has 7 N–H and O–H groups in total. The summed E-state index contributed by atoms with van der Waals surface area (Å²) in [5, 5.41) is 64.6. The second-order valence-corrected chi connectivity index (χ2v) is 16.3. The maximum absolute atomic E-state index is 13.0. The molecule has 10 nitrogen and oxygen atoms in total. The molecule has 1 aliphatic heterocycles. The van der Waals surface area contributed by atoms with Crippen LogP contribution in [-0.2, 0) is 14.3 Å². The van der Waals surface area contributed by atoms with Gasteiger partial charge in [0.1, 0.15) is 30.5 Å². The molecule has 1 rings (SSSR count). The monoisotopic (exact) mass is 798 g/mol. The highest BCUT2D eigenvalue weighted by atomic mass is 16.7. The largest absolute Gasteiger partial charge is 0.394 e. The molecule has 0 bridgehead atoms. The number of aliphatic hydroxyl groups excluding tert-OH is 6. The van der Waals surface area contributed by atoms with Gasteiger partial charge in [-0.25, -0.2) is 0 Å². The lowest BCUT2D eigenvalue weighted by atomic mass is 9.99. The van der Waals surface area contributed by atoms with Crippen molar-refractivity contribution in [3.05, 3.63) is 24.3 Å². The van der Waals surface area contributed by atoms with E-state index in [1.807, 2.05) is 6.08 Å². The number of carbonyl (C=O) groups excluding carboxylic acids is 1. The van der Waals surface area contributed by atoms with E-state index in [-0.39, 0.29) is 6.61 Å². The Labute approximate surface area is 341 Å². The number of carbonyl (C=O) groups is 1. The van der Waals surface area contributed by atoms with E-state index in [0.717, 1.165) is 38.5 Å². The van der Waals surface area contributed by atoms with Gasteiger partial charge in [0.05, 0.1) is 25.4 Å². The number of aliphatic hydroxyl groups is 6. The molecule has 1 fully saturated rings. The maximum Gasteiger partial charge on any atom is 0.249 e. The minimum Gasteiger partial charge on any atom is -0.394 e. The van der Waals surface area contributed by atoms with E-state index in [2.05, 4.69) is 31.3 Å². The molecule has 0 radical (unpaired) electrons. The van der Waals surface area contributed by atoms with Crippen molar-refractivity contribution in [2.75, 3.05) is 13.2 Å². The van der Waals surface area contributed by atoms with E-state index in [9.17, 15) is 35.4 Å². The van der Waals surface area contributed by atoms with Crippen molar-refractivity contribution in [3.8, 4) is 0 Å². The highest BCUT2D eigenvalue weighted by Crippen LogP contribution is 2.23. The van der Waals surface area contributed by atoms with Crippen LogP contribution in [0.15, 0.2) is 24.3 Å². The normalized spacial score (nSPS) is 21.9. The number of amides is 1. The molecule has 0 aromatic heterocycles. The lowest BCUT2D eigenvalue weighted by molar-refractivity contribution is -0.302. The zero-order chi connectivity index (χ0) is 41.1. The van der Waals surface area contributed by atoms with Crippen LogP contribution in [0.5, 0.6) is 0 Å². The third kappa shape index (κ3) is 26.6. The molecule has 0 saturated carbocycles. The fourth-order valence-electron chi connectivity index (χ4n) is 7.27. The fourth-order valence-corrected chi connectivity index (χ4v) is 7.27. The minimum absolute atomic E-state index is 0.305. The van der Waals surface area contributed by atoms with Crippen molar-refractivity contribution < 1.29 is 44.9 Å². The number of hydrogen-bond acceptors (Lipinski definition) is 9. The molecule has 330 valence electrons. The van der Waals surface area contributed by atoms with Gasteiger partial charge in [-0.3, -0.25) is 4.79 Å². The molecule has 0 unspecified atom stereocenters. The highest BCUT2D eigenvalue weighted by molar-refractivity contribution is 5.80. The predicted octanol–water partition coefficient (Wildman–Crippen LogP) is 8.47. The molecule has 0 spiro atoms. The highest BCUT2D eigenvalue weighted by Gasteiger charge is 2.44. The number of hydrogen-bond donors (Lipinski definition) is 7. The fraction of sp³-hybridized carbons (Fsp3) is 0.891. The van der Waals surface area contributed by atoms with Crippen LogP contribution >= 0.6 is 0 Å². The molecular weight excluding hydrogens is 711 g/mol. The molecule has 0 aliphatic carbocycles. The summed E-state index contributed by atoms with van der Waals surface area (Å²) >= 11 is 0. The maximum atomic E-state index is 13.0. The minimum atomic E-state index is -1.61. The first-order chi connectivity index (χ1) is 27.3. The van der Waals surface area contributed by atoms with Crippen LogP contribution in [0.1, 0.15) is 200 Å². The topological polar surface area (TPSA) is 169 Å². The summed E-state index contributed by atoms with van der Waals surface area (Å²) in [5.41, 5.74) is 0. The Morgan fingerprint density at radius 2 is 1.04 bits per heavy atom. The number of ether oxygens (including phenoxy) is 2. The number of unbranched alkanes of at least 4 members (excludes halogenated alkanes) is 25. The molecule has 1 amide bonds. The first kappa shape index (κ1) is 52.6. The number of allylic oxidation sites excluding steroid dienone is 3. The second-order valence-electron chi connectivity index (χ2n) is 16.3. The molecule has 1 aliphatic rings. The molecule has 10 heteroatoms. The zero-order valence-corrected chi connectivity index (χ0v) is 35.8. The van der Waals surface area contributed by atoms with E-state index >= 15 is 0 Å². The smallest absolute Gasteiger partial charge is 0.249 e. The van der Waals surface area contributed by atoms with Crippen LogP contribution < -0.4 is 5.32 Å². The Morgan fingerprint density at radius 1 is 0.607 bits per heavy atom. The van der Waals surface area contributed by atoms with E-state index in [1.165, 1.54) is 135 Å². The summed E-state index contributed by atoms with van der Waals surface area (Å²) < 4.78 is 11.1. The summed E-state index contributed by atoms with van der Waals surface area (Å²) in [6, 6.07) is -0.977. The van der Waals surface area contributed by atoms with E-state index in [4.69, 9.17) is 9.47 Å². The summed E-state index contributed by atoms with van der Waals surface area (Å²) in [7, 11) is 0. The van der Waals surface area contributed by atoms with Crippen LogP contribution in [0.4, 0.5) is 0 Å². The van der Waals surface area contributed by atoms with Crippen molar-refractivity contribution in [2.24, 2.45) is 0 Å². The van der Waals surface area contributed by atoms with Gasteiger partial charge in [-0.1, -0.05) is 179 Å². The van der Waals surface area contributed by atoms with Gasteiger partial charge in [-0.2, -0.15) is 0 Å². The van der Waals surface area contributed by atoms with Gasteiger partial charge in [0.15, 0.2) is 6.29 Å². The van der Waals surface area contributed by atoms with E-state index in [0.29, 0.717) is 12.8 Å². The molecule has 0 aromatic rings. The van der Waals surface area contributed by atoms with Gasteiger partial charge in [0.2, 0.25) is 5.91 Å². The van der Waals surface area contributed by atoms with Crippen LogP contribution in [0, 0.1) is 0 Å². The lowest BCUT2D eigenvalue weighted by Crippen LogP contribution is -2.60. The van der Waals surface area contributed by atoms with Gasteiger partial charge in [0, 0.05) is 0 Å². The Balaban J connectivity index is 2.38. The van der Waals surface area contributed by atoms with Crippen LogP contribution in [0.3, 0.4) is 0 Å². The Hall–Kier alpha value is -1.37. The summed E-state index contributed by atoms with van der Waals surface area (Å²) in [4.78, 5) is 13.0. The van der Waals surface area contributed by atoms with Crippen molar-refractivity contribution in [1.29, 1.82) is 0 Å². The van der Waals surface area contributed by atoms with Gasteiger partial charge in [-0.15, -0.1) is 0 Å². The average molecular weight is 798 g/mol. The van der Waals surface area contributed by atoms with Gasteiger partial charge >= 0.3 is 0 Å². The molecule has 1 heterocycles. The standard InChI is InChI=1S/C46H87NO9/c1-3-5-7-9-11-13-15-17-18-19-20-21-22-23-25-27-29-31-33-35-40(50)45(54)47-38(37-55-46-44(53)43(52)42(51)41(36-48)56-46)39(49)34-32-30-28-26-24-16-14-12-10-8-6-4-2/h17-18,32,34,38-44,46,48-53H,3-16,19-31,33,35-37H2,1-2H3,(H,47,54)/b18-17-,34-32+/t38-,39+,40+,41+,42+,43-,44+,46+/m0/s1. The molecule has 0 aromatic carbocycles. The van der Waals surface area contributed by atoms with Crippen molar-refractivity contribution >= 4 is 5.91 Å². The second kappa shape index (κ2) is 36.7. The predicted molar refractivity (Wildman–Crippen MR) is 227 cm³/mol. The Bertz CT molecular complexity index is 948. The zero-order valence-electron chi connectivity index (χ0n) is 35.8. The summed E-state index contributed by atoms with van der Waals surface area (Å²) in [6.07, 6.45) is 32.6. The van der Waals surface area contributed by atoms with Gasteiger partial charge < -0.3 is 45.4 Å². The Morgan fingerprint density at radius 3 is 1.50 bits per heavy atom. The van der Waals surface area contributed by atoms with Crippen molar-refractivity contribution in [1.82, 2.24) is 5.32 Å². The van der Waals surface area contributed by atoms with Gasteiger partial charge in [-0.05, 0) is 44.9 Å². The third-order valence-corrected chi connectivity index (χ3v) is 11.1. The van der Waals surface area contributed by atoms with E-state index in [1.54, 1.807) is 6.08 Å². The van der Waals surface area contributed by atoms with Crippen LogP contribution in [-0.4, -0.2) is 98.7 Å². The lowest BCUT2D eigenvalue weighted by Gasteiger charge is -2.40. The summed E-state index contributed by atoms with van der Waals surface area (Å²) in [6.45, 7) is 3.59. The van der Waals surface area contributed by atoms with Gasteiger partial charge in [0.25, 0.3) is 0 Å². The van der Waals surface area contributed by atoms with Crippen LogP contribution in [0.25, 0.3) is 0 Å². The average Bonchev–Trinajstić information content (AvgIpc) is 3.20. The number of rotatable bonds is 38. The van der Waals surface area contributed by atoms with Crippen molar-refractivity contribution in [2.45, 2.75) is 249 Å². The molecule has 1 saturated heterocycles. The molecule has 8 atom stereocenters. The first-order valence-electron chi connectivity index (χ1n) is 23.2. The van der Waals surface area contributed by atoms with Crippen molar-refractivity contribution in [3.63, 3.8) is 0 Å². The molecular formula is C46H87NO9. The van der Waals surface area contributed by atoms with Crippen LogP contribution in [0.2, 0.25) is 0 Å². The Kier molecular flexibility index (Phi) is 34.5. The third-order valence-electron chi connectivity index (χ3n) is 11.1. The van der Waals surface area contributed by atoms with E-state index < -0.39 is 61.5 Å².